The van der Waals surface area contributed by atoms with Crippen molar-refractivity contribution in [2.45, 2.75) is 18.9 Å². The molecule has 2 aliphatic heterocycles. The fourth-order valence-electron chi connectivity index (χ4n) is 3.46. The summed E-state index contributed by atoms with van der Waals surface area (Å²) in [4.78, 5) is 36.3. The Hall–Kier alpha value is -3.36. The predicted octanol–water partition coefficient (Wildman–Crippen LogP) is 1.62. The Morgan fingerprint density at radius 1 is 1.32 bits per heavy atom. The van der Waals surface area contributed by atoms with E-state index in [0.29, 0.717) is 23.7 Å². The van der Waals surface area contributed by atoms with Crippen LogP contribution in [0.1, 0.15) is 12.8 Å². The van der Waals surface area contributed by atoms with Crippen LogP contribution in [-0.2, 0) is 4.79 Å². The number of carbonyl (C=O) groups is 2. The third-order valence-corrected chi connectivity index (χ3v) is 4.93. The molecule has 3 heterocycles. The van der Waals surface area contributed by atoms with Crippen LogP contribution in [0, 0.1) is 0 Å². The first-order valence-electron chi connectivity index (χ1n) is 9.22. The number of anilines is 3. The number of nitrogens with one attached hydrogen (secondary N) is 2. The molecule has 0 spiro atoms. The number of piperidine rings is 1. The van der Waals surface area contributed by atoms with Crippen molar-refractivity contribution in [2.75, 3.05) is 41.9 Å². The van der Waals surface area contributed by atoms with E-state index < -0.39 is 0 Å². The van der Waals surface area contributed by atoms with E-state index >= 15 is 0 Å². The van der Waals surface area contributed by atoms with E-state index in [1.807, 2.05) is 0 Å². The van der Waals surface area contributed by atoms with Gasteiger partial charge in [-0.25, -0.2) is 9.78 Å². The summed E-state index contributed by atoms with van der Waals surface area (Å²) in [6, 6.07) is 4.98. The number of ether oxygens (including phenoxy) is 1. The highest BCUT2D eigenvalue weighted by Crippen LogP contribution is 2.33. The molecule has 4 rings (SSSR count). The number of aromatic nitrogens is 2. The molecular weight excluding hydrogens is 360 g/mol. The molecule has 1 aromatic heterocycles. The van der Waals surface area contributed by atoms with Crippen LogP contribution in [0.4, 0.5) is 22.0 Å². The van der Waals surface area contributed by atoms with Gasteiger partial charge in [0.05, 0.1) is 11.9 Å². The van der Waals surface area contributed by atoms with Crippen molar-refractivity contribution in [3.63, 3.8) is 0 Å². The molecule has 9 heteroatoms. The fraction of sp³-hybridized carbons (Fsp3) is 0.368. The zero-order chi connectivity index (χ0) is 19.5. The highest BCUT2D eigenvalue weighted by Gasteiger charge is 2.24. The van der Waals surface area contributed by atoms with Crippen molar-refractivity contribution in [3.8, 4) is 5.75 Å². The molecule has 0 bridgehead atoms. The van der Waals surface area contributed by atoms with E-state index in [-0.39, 0.29) is 24.6 Å². The Morgan fingerprint density at radius 3 is 3.04 bits per heavy atom. The Bertz CT molecular complexity index is 875. The van der Waals surface area contributed by atoms with Crippen molar-refractivity contribution in [1.82, 2.24) is 15.3 Å². The Balaban J connectivity index is 1.37. The van der Waals surface area contributed by atoms with Crippen LogP contribution < -0.4 is 25.2 Å². The fourth-order valence-corrected chi connectivity index (χ4v) is 3.46. The first-order valence-corrected chi connectivity index (χ1v) is 9.22. The lowest BCUT2D eigenvalue weighted by Crippen LogP contribution is -2.49. The van der Waals surface area contributed by atoms with Crippen molar-refractivity contribution in [2.24, 2.45) is 0 Å². The molecule has 28 heavy (non-hydrogen) atoms. The molecule has 2 N–H and O–H groups in total. The van der Waals surface area contributed by atoms with Crippen LogP contribution in [0.15, 0.2) is 36.8 Å². The first kappa shape index (κ1) is 18.0. The summed E-state index contributed by atoms with van der Waals surface area (Å²) in [6.45, 7) is 1.60. The molecule has 0 saturated carbocycles. The highest BCUT2D eigenvalue weighted by molar-refractivity contribution is 5.99. The third kappa shape index (κ3) is 3.83. The molecule has 1 fully saturated rings. The SMILES string of the molecule is CN1C(=O)COc2ccc(NC(=O)N[C@@H]3CCCN(c4cnccn4)C3)cc21. The highest BCUT2D eigenvalue weighted by atomic mass is 16.5. The average molecular weight is 382 g/mol. The lowest BCUT2D eigenvalue weighted by Gasteiger charge is -2.33. The summed E-state index contributed by atoms with van der Waals surface area (Å²) in [5.41, 5.74) is 1.24. The minimum Gasteiger partial charge on any atom is -0.482 e. The summed E-state index contributed by atoms with van der Waals surface area (Å²) in [5.74, 6) is 1.32. The maximum atomic E-state index is 12.5. The van der Waals surface area contributed by atoms with Crippen LogP contribution in [0.5, 0.6) is 5.75 Å². The molecule has 2 aromatic rings. The van der Waals surface area contributed by atoms with E-state index in [1.165, 1.54) is 4.90 Å². The Morgan fingerprint density at radius 2 is 2.21 bits per heavy atom. The smallest absolute Gasteiger partial charge is 0.319 e. The van der Waals surface area contributed by atoms with Crippen LogP contribution in [0.25, 0.3) is 0 Å². The predicted molar refractivity (Wildman–Crippen MR) is 105 cm³/mol. The minimum atomic E-state index is -0.281. The Kier molecular flexibility index (Phi) is 4.96. The molecule has 0 radical (unpaired) electrons. The van der Waals surface area contributed by atoms with E-state index in [1.54, 1.807) is 43.8 Å². The first-order chi connectivity index (χ1) is 13.6. The second-order valence-corrected chi connectivity index (χ2v) is 6.87. The van der Waals surface area contributed by atoms with Gasteiger partial charge < -0.3 is 25.2 Å². The maximum absolute atomic E-state index is 12.5. The van der Waals surface area contributed by atoms with E-state index in [0.717, 1.165) is 25.2 Å². The van der Waals surface area contributed by atoms with Gasteiger partial charge in [0.15, 0.2) is 6.61 Å². The van der Waals surface area contributed by atoms with Gasteiger partial charge in [-0.05, 0) is 31.0 Å². The molecule has 146 valence electrons. The number of hydrogen-bond acceptors (Lipinski definition) is 6. The lowest BCUT2D eigenvalue weighted by atomic mass is 10.1. The number of rotatable bonds is 3. The van der Waals surface area contributed by atoms with Crippen molar-refractivity contribution < 1.29 is 14.3 Å². The third-order valence-electron chi connectivity index (χ3n) is 4.93. The van der Waals surface area contributed by atoms with Gasteiger partial charge in [-0.3, -0.25) is 9.78 Å². The van der Waals surface area contributed by atoms with Gasteiger partial charge >= 0.3 is 6.03 Å². The second kappa shape index (κ2) is 7.71. The van der Waals surface area contributed by atoms with Gasteiger partial charge in [0, 0.05) is 44.3 Å². The van der Waals surface area contributed by atoms with Gasteiger partial charge in [0.1, 0.15) is 11.6 Å². The van der Waals surface area contributed by atoms with Crippen LogP contribution in [0.3, 0.4) is 0 Å². The number of likely N-dealkylation sites (N-methyl/N-ethyl adjacent to an activating group) is 1. The summed E-state index contributed by atoms with van der Waals surface area (Å²) in [7, 11) is 1.69. The van der Waals surface area contributed by atoms with Crippen molar-refractivity contribution >= 4 is 29.1 Å². The van der Waals surface area contributed by atoms with Gasteiger partial charge in [-0.1, -0.05) is 0 Å². The summed E-state index contributed by atoms with van der Waals surface area (Å²) < 4.78 is 5.41. The van der Waals surface area contributed by atoms with Gasteiger partial charge in [-0.2, -0.15) is 0 Å². The molecule has 1 aromatic carbocycles. The molecule has 1 atom stereocenters. The van der Waals surface area contributed by atoms with Gasteiger partial charge in [0.2, 0.25) is 0 Å². The van der Waals surface area contributed by atoms with Crippen LogP contribution in [0.2, 0.25) is 0 Å². The number of carbonyl (C=O) groups excluding carboxylic acids is 2. The van der Waals surface area contributed by atoms with Crippen molar-refractivity contribution in [1.29, 1.82) is 0 Å². The number of hydrogen-bond donors (Lipinski definition) is 2. The second-order valence-electron chi connectivity index (χ2n) is 6.87. The van der Waals surface area contributed by atoms with Gasteiger partial charge in [0.25, 0.3) is 5.91 Å². The zero-order valence-corrected chi connectivity index (χ0v) is 15.6. The van der Waals surface area contributed by atoms with E-state index in [4.69, 9.17) is 4.74 Å². The quantitative estimate of drug-likeness (QED) is 0.837. The normalized spacial score (nSPS) is 18.9. The molecule has 9 nitrogen and oxygen atoms in total. The van der Waals surface area contributed by atoms with Crippen molar-refractivity contribution in [3.05, 3.63) is 36.8 Å². The molecule has 0 aliphatic carbocycles. The lowest BCUT2D eigenvalue weighted by molar-refractivity contribution is -0.120. The molecule has 2 aliphatic rings. The topological polar surface area (TPSA) is 99.7 Å². The molecule has 3 amide bonds. The standard InChI is InChI=1S/C19H22N6O3/c1-24-15-9-13(4-5-16(15)28-12-18(24)26)22-19(27)23-14-3-2-8-25(11-14)17-10-20-6-7-21-17/h4-7,9-10,14H,2-3,8,11-12H2,1H3,(H2,22,23,27)/t14-/m1/s1. The number of amides is 3. The maximum Gasteiger partial charge on any atom is 0.319 e. The monoisotopic (exact) mass is 382 g/mol. The molecule has 0 unspecified atom stereocenters. The summed E-state index contributed by atoms with van der Waals surface area (Å²) >= 11 is 0. The summed E-state index contributed by atoms with van der Waals surface area (Å²) in [6.07, 6.45) is 6.91. The van der Waals surface area contributed by atoms with E-state index in [9.17, 15) is 9.59 Å². The largest absolute Gasteiger partial charge is 0.482 e. The zero-order valence-electron chi connectivity index (χ0n) is 15.6. The summed E-state index contributed by atoms with van der Waals surface area (Å²) in [5, 5.41) is 5.85. The van der Waals surface area contributed by atoms with Crippen LogP contribution in [-0.4, -0.2) is 54.7 Å². The number of fused-ring (bicyclic) bond motifs is 1. The van der Waals surface area contributed by atoms with E-state index in [2.05, 4.69) is 25.5 Å². The van der Waals surface area contributed by atoms with Crippen LogP contribution >= 0.6 is 0 Å². The minimum absolute atomic E-state index is 0.0148. The Labute approximate surface area is 162 Å². The molecule has 1 saturated heterocycles. The van der Waals surface area contributed by atoms with Gasteiger partial charge in [-0.15, -0.1) is 0 Å². The number of benzene rings is 1. The average Bonchev–Trinajstić information content (AvgIpc) is 2.72. The number of urea groups is 1. The molecular formula is C19H22N6O3. The number of nitrogens with zero attached hydrogens (tertiary/aromatic N) is 4.